The molecule has 3 N–H and O–H groups in total. The summed E-state index contributed by atoms with van der Waals surface area (Å²) >= 11 is 0. The third kappa shape index (κ3) is 8.10. The van der Waals surface area contributed by atoms with Crippen LogP contribution in [-0.4, -0.2) is 55.8 Å². The third-order valence-electron chi connectivity index (χ3n) is 3.18. The van der Waals surface area contributed by atoms with Crippen molar-refractivity contribution >= 4 is 15.9 Å². The number of carbonyl (C=O) groups excluding carboxylic acids is 1. The Balaban J connectivity index is 4.24. The van der Waals surface area contributed by atoms with Gasteiger partial charge < -0.3 is 4.48 Å². The molecule has 0 aliphatic heterocycles. The number of ketones is 1. The first-order chi connectivity index (χ1) is 8.46. The summed E-state index contributed by atoms with van der Waals surface area (Å²) in [7, 11) is -0.176. The van der Waals surface area contributed by atoms with Gasteiger partial charge in [0.1, 0.15) is 6.17 Å². The molecule has 0 amide bonds. The van der Waals surface area contributed by atoms with Crippen molar-refractivity contribution in [2.45, 2.75) is 32.4 Å². The van der Waals surface area contributed by atoms with Gasteiger partial charge in [-0.2, -0.15) is 8.42 Å². The molecule has 19 heavy (non-hydrogen) atoms. The quantitative estimate of drug-likeness (QED) is 0.280. The van der Waals surface area contributed by atoms with E-state index in [1.54, 1.807) is 6.92 Å². The first kappa shape index (κ1) is 18.2. The number of quaternary nitrogens is 1. The molecule has 0 aliphatic carbocycles. The minimum Gasteiger partial charge on any atom is -0.314 e. The van der Waals surface area contributed by atoms with E-state index in [-0.39, 0.29) is 17.7 Å². The van der Waals surface area contributed by atoms with Gasteiger partial charge in [0.15, 0.2) is 5.78 Å². The number of nitrogens with two attached hydrogens (primary N) is 1. The molecule has 0 spiro atoms. The third-order valence-corrected chi connectivity index (χ3v) is 3.98. The number of allylic oxidation sites excluding steroid dienone is 1. The van der Waals surface area contributed by atoms with Crippen LogP contribution in [0.3, 0.4) is 0 Å². The van der Waals surface area contributed by atoms with Gasteiger partial charge in [0.05, 0.1) is 26.4 Å². The number of rotatable bonds is 9. The first-order valence-corrected chi connectivity index (χ1v) is 7.79. The highest BCUT2D eigenvalue weighted by Crippen LogP contribution is 2.11. The zero-order valence-corrected chi connectivity index (χ0v) is 12.7. The molecule has 0 heterocycles. The summed E-state index contributed by atoms with van der Waals surface area (Å²) in [5, 5.41) is 0. The van der Waals surface area contributed by atoms with Gasteiger partial charge in [-0.05, 0) is 12.5 Å². The lowest BCUT2D eigenvalue weighted by atomic mass is 10.1. The maximum absolute atomic E-state index is 11.4. The predicted molar refractivity (Wildman–Crippen MR) is 75.0 cm³/mol. The Morgan fingerprint density at radius 1 is 1.42 bits per heavy atom. The molecular formula is C12H25N2O4S+. The highest BCUT2D eigenvalue weighted by molar-refractivity contribution is 7.85. The Kier molecular flexibility index (Phi) is 6.85. The Labute approximate surface area is 115 Å². The van der Waals surface area contributed by atoms with Crippen LogP contribution in [0.4, 0.5) is 0 Å². The van der Waals surface area contributed by atoms with Gasteiger partial charge in [-0.15, -0.1) is 0 Å². The molecule has 112 valence electrons. The van der Waals surface area contributed by atoms with Crippen molar-refractivity contribution in [2.24, 2.45) is 5.73 Å². The zero-order chi connectivity index (χ0) is 15.3. The molecular weight excluding hydrogens is 268 g/mol. The second-order valence-corrected chi connectivity index (χ2v) is 7.02. The fourth-order valence-electron chi connectivity index (χ4n) is 1.66. The van der Waals surface area contributed by atoms with Crippen LogP contribution in [0.5, 0.6) is 0 Å². The van der Waals surface area contributed by atoms with Gasteiger partial charge in [-0.25, -0.2) is 0 Å². The maximum atomic E-state index is 11.4. The van der Waals surface area contributed by atoms with E-state index in [2.05, 4.69) is 6.58 Å². The normalized spacial score (nSPS) is 14.2. The van der Waals surface area contributed by atoms with Crippen molar-refractivity contribution in [1.29, 1.82) is 0 Å². The number of hydrogen-bond acceptors (Lipinski definition) is 4. The Morgan fingerprint density at radius 2 is 1.95 bits per heavy atom. The van der Waals surface area contributed by atoms with Crippen molar-refractivity contribution in [3.8, 4) is 0 Å². The van der Waals surface area contributed by atoms with Gasteiger partial charge in [0, 0.05) is 19.3 Å². The monoisotopic (exact) mass is 293 g/mol. The van der Waals surface area contributed by atoms with Gasteiger partial charge in [-0.3, -0.25) is 15.1 Å². The van der Waals surface area contributed by atoms with Crippen LogP contribution in [0, 0.1) is 0 Å². The second kappa shape index (κ2) is 7.14. The highest BCUT2D eigenvalue weighted by Gasteiger charge is 2.25. The molecule has 0 rings (SSSR count). The van der Waals surface area contributed by atoms with Crippen LogP contribution in [0.15, 0.2) is 12.2 Å². The Bertz CT molecular complexity index is 429. The molecule has 0 fully saturated rings. The molecule has 0 aromatic rings. The molecule has 0 aromatic carbocycles. The van der Waals surface area contributed by atoms with Crippen molar-refractivity contribution in [1.82, 2.24) is 0 Å². The number of hydrogen-bond donors (Lipinski definition) is 2. The van der Waals surface area contributed by atoms with Crippen molar-refractivity contribution in [2.75, 3.05) is 26.4 Å². The molecule has 0 bridgehead atoms. The molecule has 6 nitrogen and oxygen atoms in total. The van der Waals surface area contributed by atoms with Crippen LogP contribution >= 0.6 is 0 Å². The van der Waals surface area contributed by atoms with E-state index in [1.807, 2.05) is 14.1 Å². The minimum atomic E-state index is -3.93. The number of Topliss-reactive ketones (excluding diaryl/α,β-unsaturated/α-hetero) is 1. The van der Waals surface area contributed by atoms with Crippen molar-refractivity contribution in [3.63, 3.8) is 0 Å². The van der Waals surface area contributed by atoms with Gasteiger partial charge >= 0.3 is 0 Å². The van der Waals surface area contributed by atoms with E-state index < -0.39 is 10.1 Å². The fourth-order valence-corrected chi connectivity index (χ4v) is 2.16. The van der Waals surface area contributed by atoms with E-state index in [1.165, 1.54) is 0 Å². The SMILES string of the molecule is C=C(C)C(=O)CCC(N)[N+](C)(C)CCCS(=O)(=O)O. The van der Waals surface area contributed by atoms with Crippen LogP contribution in [0.1, 0.15) is 26.2 Å². The van der Waals surface area contributed by atoms with Gasteiger partial charge in [0.25, 0.3) is 10.1 Å². The van der Waals surface area contributed by atoms with Crippen molar-refractivity contribution < 1.29 is 22.2 Å². The van der Waals surface area contributed by atoms with Crippen LogP contribution in [0.2, 0.25) is 0 Å². The van der Waals surface area contributed by atoms with Gasteiger partial charge in [0.2, 0.25) is 0 Å². The van der Waals surface area contributed by atoms with Crippen LogP contribution in [-0.2, 0) is 14.9 Å². The van der Waals surface area contributed by atoms with E-state index in [0.29, 0.717) is 35.9 Å². The first-order valence-electron chi connectivity index (χ1n) is 6.18. The molecule has 0 aliphatic rings. The maximum Gasteiger partial charge on any atom is 0.265 e. The Morgan fingerprint density at radius 3 is 2.37 bits per heavy atom. The highest BCUT2D eigenvalue weighted by atomic mass is 32.2. The minimum absolute atomic E-state index is 0.00612. The summed E-state index contributed by atoms with van der Waals surface area (Å²) in [5.41, 5.74) is 6.55. The summed E-state index contributed by atoms with van der Waals surface area (Å²) < 4.78 is 30.4. The van der Waals surface area contributed by atoms with Crippen LogP contribution in [0.25, 0.3) is 0 Å². The molecule has 0 aromatic heterocycles. The topological polar surface area (TPSA) is 97.5 Å². The molecule has 7 heteroatoms. The summed E-state index contributed by atoms with van der Waals surface area (Å²) in [6.45, 7) is 5.76. The molecule has 1 unspecified atom stereocenters. The smallest absolute Gasteiger partial charge is 0.265 e. The van der Waals surface area contributed by atoms with Gasteiger partial charge in [-0.1, -0.05) is 6.58 Å². The standard InChI is InChI=1S/C12H24N2O4S/c1-10(2)11(15)6-7-12(13)14(3,4)8-5-9-19(16,17)18/h12H,1,5-9,13H2,2-4H3/p+1. The lowest BCUT2D eigenvalue weighted by Gasteiger charge is -2.35. The summed E-state index contributed by atoms with van der Waals surface area (Å²) in [6, 6.07) is 0. The van der Waals surface area contributed by atoms with E-state index in [9.17, 15) is 13.2 Å². The fraction of sp³-hybridized carbons (Fsp3) is 0.750. The lowest BCUT2D eigenvalue weighted by molar-refractivity contribution is -0.915. The van der Waals surface area contributed by atoms with Crippen LogP contribution < -0.4 is 5.73 Å². The largest absolute Gasteiger partial charge is 0.314 e. The second-order valence-electron chi connectivity index (χ2n) is 5.45. The molecule has 0 radical (unpaired) electrons. The van der Waals surface area contributed by atoms with E-state index in [4.69, 9.17) is 10.3 Å². The van der Waals surface area contributed by atoms with E-state index >= 15 is 0 Å². The van der Waals surface area contributed by atoms with Crippen molar-refractivity contribution in [3.05, 3.63) is 12.2 Å². The predicted octanol–water partition coefficient (Wildman–Crippen LogP) is 0.551. The summed E-state index contributed by atoms with van der Waals surface area (Å²) in [6.07, 6.45) is 0.930. The number of nitrogens with zero attached hydrogens (tertiary/aromatic N) is 1. The average molecular weight is 293 g/mol. The van der Waals surface area contributed by atoms with E-state index in [0.717, 1.165) is 0 Å². The molecule has 1 atom stereocenters. The lowest BCUT2D eigenvalue weighted by Crippen LogP contribution is -2.54. The molecule has 0 saturated heterocycles. The zero-order valence-electron chi connectivity index (χ0n) is 11.9. The summed E-state index contributed by atoms with van der Waals surface area (Å²) in [5.74, 6) is -0.278. The average Bonchev–Trinajstić information content (AvgIpc) is 2.22. The molecule has 0 saturated carbocycles. The Hall–Kier alpha value is -0.760. The number of carbonyl (C=O) groups is 1. The summed E-state index contributed by atoms with van der Waals surface area (Å²) in [4.78, 5) is 11.4.